The number of nitrogens with zero attached hydrogens (tertiary/aromatic N) is 4. The fraction of sp³-hybridized carbons (Fsp3) is 0.286. The average molecular weight is 413 g/mol. The fourth-order valence-corrected chi connectivity index (χ4v) is 3.77. The zero-order valence-electron chi connectivity index (χ0n) is 16.9. The molecule has 0 atom stereocenters. The van der Waals surface area contributed by atoms with Gasteiger partial charge in [0.05, 0.1) is 17.3 Å². The molecule has 3 aromatic heterocycles. The molecule has 0 aliphatic rings. The molecule has 0 amide bonds. The number of halogens is 1. The lowest BCUT2D eigenvalue weighted by Gasteiger charge is -2.04. The summed E-state index contributed by atoms with van der Waals surface area (Å²) < 4.78 is 14.5. The number of rotatable bonds is 4. The molecule has 0 radical (unpaired) electrons. The highest BCUT2D eigenvalue weighted by molar-refractivity contribution is 6.33. The van der Waals surface area contributed by atoms with Crippen LogP contribution in [0.5, 0.6) is 0 Å². The second-order valence-corrected chi connectivity index (χ2v) is 7.35. The normalized spacial score (nSPS) is 11.4. The largest absolute Gasteiger partial charge is 0.461 e. The summed E-state index contributed by atoms with van der Waals surface area (Å²) in [6.45, 7) is 9.66. The third-order valence-electron chi connectivity index (χ3n) is 4.75. The lowest BCUT2D eigenvalue weighted by molar-refractivity contribution is 0.0519. The van der Waals surface area contributed by atoms with E-state index in [1.807, 2.05) is 45.9 Å². The van der Waals surface area contributed by atoms with Crippen molar-refractivity contribution in [3.63, 3.8) is 0 Å². The van der Waals surface area contributed by atoms with Crippen molar-refractivity contribution in [3.05, 3.63) is 57.7 Å². The van der Waals surface area contributed by atoms with Crippen LogP contribution in [0.15, 0.2) is 28.7 Å². The first kappa shape index (κ1) is 19.3. The van der Waals surface area contributed by atoms with Crippen LogP contribution in [-0.2, 0) is 4.74 Å². The van der Waals surface area contributed by atoms with Crippen LogP contribution in [0.25, 0.3) is 22.7 Å². The van der Waals surface area contributed by atoms with Crippen molar-refractivity contribution in [2.45, 2.75) is 34.6 Å². The molecular formula is C21H21ClN4O3. The molecule has 29 heavy (non-hydrogen) atoms. The lowest BCUT2D eigenvalue weighted by Crippen LogP contribution is -2.07. The van der Waals surface area contributed by atoms with E-state index in [1.54, 1.807) is 22.2 Å². The Kier molecular flexibility index (Phi) is 4.70. The molecule has 0 aliphatic carbocycles. The fourth-order valence-electron chi connectivity index (χ4n) is 3.45. The van der Waals surface area contributed by atoms with Gasteiger partial charge < -0.3 is 9.15 Å². The summed E-state index contributed by atoms with van der Waals surface area (Å²) in [6.07, 6.45) is 0. The van der Waals surface area contributed by atoms with Gasteiger partial charge in [0.1, 0.15) is 11.5 Å². The molecule has 0 fully saturated rings. The Labute approximate surface area is 172 Å². The van der Waals surface area contributed by atoms with Crippen LogP contribution in [0.3, 0.4) is 0 Å². The van der Waals surface area contributed by atoms with E-state index in [9.17, 15) is 4.79 Å². The zero-order valence-corrected chi connectivity index (χ0v) is 17.7. The van der Waals surface area contributed by atoms with Gasteiger partial charge in [-0.3, -0.25) is 0 Å². The number of carbonyl (C=O) groups is 1. The van der Waals surface area contributed by atoms with Crippen LogP contribution < -0.4 is 0 Å². The number of aryl methyl sites for hydroxylation is 4. The number of carbonyl (C=O) groups excluding carboxylic acids is 1. The molecule has 0 saturated carbocycles. The lowest BCUT2D eigenvalue weighted by atomic mass is 10.1. The predicted octanol–water partition coefficient (Wildman–Crippen LogP) is 4.84. The van der Waals surface area contributed by atoms with Gasteiger partial charge in [0, 0.05) is 11.3 Å². The van der Waals surface area contributed by atoms with Crippen molar-refractivity contribution in [2.24, 2.45) is 0 Å². The molecule has 150 valence electrons. The molecule has 0 bridgehead atoms. The van der Waals surface area contributed by atoms with Gasteiger partial charge in [0.15, 0.2) is 11.4 Å². The molecular weight excluding hydrogens is 392 g/mol. The van der Waals surface area contributed by atoms with E-state index >= 15 is 0 Å². The zero-order chi connectivity index (χ0) is 20.9. The highest BCUT2D eigenvalue weighted by atomic mass is 35.5. The van der Waals surface area contributed by atoms with Crippen molar-refractivity contribution >= 4 is 23.3 Å². The van der Waals surface area contributed by atoms with E-state index in [2.05, 4.69) is 10.2 Å². The minimum absolute atomic E-state index is 0.244. The van der Waals surface area contributed by atoms with Gasteiger partial charge in [-0.15, -0.1) is 0 Å². The second kappa shape index (κ2) is 7.08. The predicted molar refractivity (Wildman–Crippen MR) is 110 cm³/mol. The van der Waals surface area contributed by atoms with Crippen LogP contribution >= 0.6 is 11.6 Å². The van der Waals surface area contributed by atoms with E-state index in [0.717, 1.165) is 28.2 Å². The Morgan fingerprint density at radius 1 is 1.17 bits per heavy atom. The maximum atomic E-state index is 12.1. The minimum Gasteiger partial charge on any atom is -0.461 e. The summed E-state index contributed by atoms with van der Waals surface area (Å²) in [5.74, 6) is 0.230. The Bertz CT molecular complexity index is 1250. The Morgan fingerprint density at radius 3 is 2.62 bits per heavy atom. The standard InChI is InChI=1S/C21H21ClN4O3/c1-6-28-21(27)17-10-12(3)25(24-17)18-13(4)23-26-19(14(5)29-20(18)26)15-8-7-11(2)9-16(15)22/h7-10H,6H2,1-5H3. The smallest absolute Gasteiger partial charge is 0.358 e. The Balaban J connectivity index is 1.91. The summed E-state index contributed by atoms with van der Waals surface area (Å²) in [6, 6.07) is 7.56. The van der Waals surface area contributed by atoms with E-state index in [1.165, 1.54) is 0 Å². The number of hydrogen-bond acceptors (Lipinski definition) is 5. The molecule has 7 nitrogen and oxygen atoms in total. The summed E-state index contributed by atoms with van der Waals surface area (Å²) in [7, 11) is 0. The molecule has 4 rings (SSSR count). The first-order valence-corrected chi connectivity index (χ1v) is 9.69. The summed E-state index contributed by atoms with van der Waals surface area (Å²) in [4.78, 5) is 12.1. The molecule has 0 aliphatic heterocycles. The number of benzene rings is 1. The molecule has 3 heterocycles. The third-order valence-corrected chi connectivity index (χ3v) is 5.06. The molecule has 0 unspecified atom stereocenters. The van der Waals surface area contributed by atoms with Gasteiger partial charge >= 0.3 is 5.97 Å². The van der Waals surface area contributed by atoms with Gasteiger partial charge in [0.2, 0.25) is 5.71 Å². The number of oxazole rings is 1. The molecule has 0 N–H and O–H groups in total. The van der Waals surface area contributed by atoms with Gasteiger partial charge in [0.25, 0.3) is 0 Å². The van der Waals surface area contributed by atoms with Crippen LogP contribution in [0.4, 0.5) is 0 Å². The monoisotopic (exact) mass is 412 g/mol. The summed E-state index contributed by atoms with van der Waals surface area (Å²) >= 11 is 6.50. The molecule has 0 spiro atoms. The van der Waals surface area contributed by atoms with E-state index in [-0.39, 0.29) is 5.69 Å². The first-order valence-electron chi connectivity index (χ1n) is 9.31. The van der Waals surface area contributed by atoms with Crippen molar-refractivity contribution in [1.82, 2.24) is 19.4 Å². The number of fused-ring (bicyclic) bond motifs is 1. The van der Waals surface area contributed by atoms with E-state index in [4.69, 9.17) is 20.8 Å². The quantitative estimate of drug-likeness (QED) is 0.448. The van der Waals surface area contributed by atoms with Crippen LogP contribution in [-0.4, -0.2) is 32.0 Å². The summed E-state index contributed by atoms with van der Waals surface area (Å²) in [5.41, 5.74) is 5.65. The highest BCUT2D eigenvalue weighted by Crippen LogP contribution is 2.35. The van der Waals surface area contributed by atoms with Crippen LogP contribution in [0, 0.1) is 27.7 Å². The third kappa shape index (κ3) is 3.11. The van der Waals surface area contributed by atoms with Gasteiger partial charge in [-0.2, -0.15) is 14.7 Å². The van der Waals surface area contributed by atoms with Crippen molar-refractivity contribution in [1.29, 1.82) is 0 Å². The van der Waals surface area contributed by atoms with Gasteiger partial charge in [-0.05, 0) is 52.3 Å². The van der Waals surface area contributed by atoms with Crippen molar-refractivity contribution < 1.29 is 13.9 Å². The Hall–Kier alpha value is -3.06. The molecule has 4 aromatic rings. The summed E-state index contributed by atoms with van der Waals surface area (Å²) in [5, 5.41) is 9.72. The molecule has 0 saturated heterocycles. The van der Waals surface area contributed by atoms with Crippen molar-refractivity contribution in [2.75, 3.05) is 6.61 Å². The van der Waals surface area contributed by atoms with E-state index in [0.29, 0.717) is 28.8 Å². The van der Waals surface area contributed by atoms with Gasteiger partial charge in [-0.25, -0.2) is 9.48 Å². The van der Waals surface area contributed by atoms with Crippen molar-refractivity contribution in [3.8, 4) is 16.9 Å². The minimum atomic E-state index is -0.460. The number of aromatic nitrogens is 4. The number of esters is 1. The molecule has 1 aromatic carbocycles. The van der Waals surface area contributed by atoms with Crippen LogP contribution in [0.1, 0.15) is 40.1 Å². The first-order chi connectivity index (χ1) is 13.8. The Morgan fingerprint density at radius 2 is 1.93 bits per heavy atom. The maximum Gasteiger partial charge on any atom is 0.358 e. The second-order valence-electron chi connectivity index (χ2n) is 6.94. The van der Waals surface area contributed by atoms with Crippen LogP contribution in [0.2, 0.25) is 5.02 Å². The highest BCUT2D eigenvalue weighted by Gasteiger charge is 2.25. The topological polar surface area (TPSA) is 74.6 Å². The number of hydrogen-bond donors (Lipinski definition) is 0. The average Bonchev–Trinajstić information content (AvgIpc) is 3.27. The number of ether oxygens (including phenoxy) is 1. The van der Waals surface area contributed by atoms with E-state index < -0.39 is 5.97 Å². The maximum absolute atomic E-state index is 12.1. The van der Waals surface area contributed by atoms with Gasteiger partial charge in [-0.1, -0.05) is 23.7 Å². The SMILES string of the molecule is CCOC(=O)c1cc(C)n(-c2c(C)nn3c(-c4ccc(C)cc4Cl)c(C)oc23)n1. The molecule has 8 heteroatoms.